The Bertz CT molecular complexity index is 646. The molecule has 0 bridgehead atoms. The first-order valence-electron chi connectivity index (χ1n) is 6.10. The zero-order valence-electron chi connectivity index (χ0n) is 10.8. The molecule has 2 heterocycles. The van der Waals surface area contributed by atoms with Gasteiger partial charge < -0.3 is 9.47 Å². The van der Waals surface area contributed by atoms with Crippen LogP contribution in [0.3, 0.4) is 0 Å². The fraction of sp³-hybridized carbons (Fsp3) is 0.286. The molecule has 1 aliphatic rings. The van der Waals surface area contributed by atoms with E-state index in [9.17, 15) is 4.79 Å². The second kappa shape index (κ2) is 4.42. The van der Waals surface area contributed by atoms with Crippen LogP contribution in [0.5, 0.6) is 11.5 Å². The summed E-state index contributed by atoms with van der Waals surface area (Å²) in [5.74, 6) is 1.24. The molecule has 5 nitrogen and oxygen atoms in total. The van der Waals surface area contributed by atoms with E-state index in [1.807, 2.05) is 6.92 Å². The summed E-state index contributed by atoms with van der Waals surface area (Å²) in [6.45, 7) is 2.91. The molecule has 98 valence electrons. The minimum absolute atomic E-state index is 0.0694. The highest BCUT2D eigenvalue weighted by molar-refractivity contribution is 6.08. The summed E-state index contributed by atoms with van der Waals surface area (Å²) in [6.07, 6.45) is 0. The van der Waals surface area contributed by atoms with E-state index in [1.54, 1.807) is 36.0 Å². The van der Waals surface area contributed by atoms with E-state index in [-0.39, 0.29) is 5.78 Å². The highest BCUT2D eigenvalue weighted by Crippen LogP contribution is 2.31. The zero-order chi connectivity index (χ0) is 13.4. The number of hydrogen-bond acceptors (Lipinski definition) is 4. The molecule has 0 saturated heterocycles. The Morgan fingerprint density at radius 2 is 1.95 bits per heavy atom. The first kappa shape index (κ1) is 11.8. The number of fused-ring (bicyclic) bond motifs is 1. The molecule has 1 aromatic heterocycles. The van der Waals surface area contributed by atoms with E-state index in [4.69, 9.17) is 9.47 Å². The third-order valence-corrected chi connectivity index (χ3v) is 3.04. The van der Waals surface area contributed by atoms with E-state index in [1.165, 1.54) is 0 Å². The standard InChI is InChI=1S/C14H14N2O3/c1-9-7-11(16(2)15-9)14(17)10-3-4-12-13(8-10)19-6-5-18-12/h3-4,7-8H,5-6H2,1-2H3. The molecule has 0 spiro atoms. The van der Waals surface area contributed by atoms with Crippen LogP contribution in [0.1, 0.15) is 21.7 Å². The van der Waals surface area contributed by atoms with Crippen molar-refractivity contribution in [2.24, 2.45) is 7.05 Å². The highest BCUT2D eigenvalue weighted by atomic mass is 16.6. The van der Waals surface area contributed by atoms with Crippen LogP contribution in [0.25, 0.3) is 0 Å². The van der Waals surface area contributed by atoms with Crippen LogP contribution in [0, 0.1) is 6.92 Å². The second-order valence-corrected chi connectivity index (χ2v) is 4.48. The van der Waals surface area contributed by atoms with E-state index in [2.05, 4.69) is 5.10 Å². The number of carbonyl (C=O) groups is 1. The lowest BCUT2D eigenvalue weighted by molar-refractivity contribution is 0.102. The highest BCUT2D eigenvalue weighted by Gasteiger charge is 2.18. The van der Waals surface area contributed by atoms with Gasteiger partial charge in [-0.3, -0.25) is 9.48 Å². The lowest BCUT2D eigenvalue weighted by atomic mass is 10.1. The second-order valence-electron chi connectivity index (χ2n) is 4.48. The molecule has 0 radical (unpaired) electrons. The number of benzene rings is 1. The van der Waals surface area contributed by atoms with E-state index in [0.717, 1.165) is 5.69 Å². The van der Waals surface area contributed by atoms with Crippen molar-refractivity contribution in [2.75, 3.05) is 13.2 Å². The van der Waals surface area contributed by atoms with Gasteiger partial charge in [0.1, 0.15) is 18.9 Å². The van der Waals surface area contributed by atoms with Crippen LogP contribution < -0.4 is 9.47 Å². The summed E-state index contributed by atoms with van der Waals surface area (Å²) < 4.78 is 12.5. The predicted octanol–water partition coefficient (Wildman–Crippen LogP) is 1.73. The summed E-state index contributed by atoms with van der Waals surface area (Å²) in [5, 5.41) is 4.19. The van der Waals surface area contributed by atoms with Crippen molar-refractivity contribution in [2.45, 2.75) is 6.92 Å². The first-order valence-corrected chi connectivity index (χ1v) is 6.10. The van der Waals surface area contributed by atoms with Gasteiger partial charge in [-0.2, -0.15) is 5.10 Å². The molecule has 1 aromatic carbocycles. The molecule has 0 saturated carbocycles. The molecule has 0 unspecified atom stereocenters. The van der Waals surface area contributed by atoms with Gasteiger partial charge in [0, 0.05) is 12.6 Å². The van der Waals surface area contributed by atoms with Gasteiger partial charge in [0.2, 0.25) is 5.78 Å². The van der Waals surface area contributed by atoms with Crippen molar-refractivity contribution < 1.29 is 14.3 Å². The minimum Gasteiger partial charge on any atom is -0.486 e. The summed E-state index contributed by atoms with van der Waals surface area (Å²) in [4.78, 5) is 12.4. The Hall–Kier alpha value is -2.30. The number of carbonyl (C=O) groups excluding carboxylic acids is 1. The van der Waals surface area contributed by atoms with E-state index >= 15 is 0 Å². The van der Waals surface area contributed by atoms with Crippen molar-refractivity contribution in [1.29, 1.82) is 0 Å². The molecule has 0 atom stereocenters. The maximum Gasteiger partial charge on any atom is 0.211 e. The quantitative estimate of drug-likeness (QED) is 0.770. The smallest absolute Gasteiger partial charge is 0.211 e. The van der Waals surface area contributed by atoms with Crippen LogP contribution in [-0.4, -0.2) is 28.8 Å². The fourth-order valence-corrected chi connectivity index (χ4v) is 2.16. The van der Waals surface area contributed by atoms with Crippen LogP contribution in [0.15, 0.2) is 24.3 Å². The Balaban J connectivity index is 1.98. The summed E-state index contributed by atoms with van der Waals surface area (Å²) in [6, 6.07) is 7.02. The molecule has 2 aromatic rings. The molecular weight excluding hydrogens is 244 g/mol. The average Bonchev–Trinajstić information content (AvgIpc) is 2.76. The van der Waals surface area contributed by atoms with Crippen molar-refractivity contribution in [3.63, 3.8) is 0 Å². The number of rotatable bonds is 2. The van der Waals surface area contributed by atoms with Crippen LogP contribution >= 0.6 is 0 Å². The molecule has 1 aliphatic heterocycles. The molecule has 0 amide bonds. The maximum absolute atomic E-state index is 12.4. The van der Waals surface area contributed by atoms with E-state index in [0.29, 0.717) is 36.0 Å². The van der Waals surface area contributed by atoms with Crippen LogP contribution in [0.2, 0.25) is 0 Å². The minimum atomic E-state index is -0.0694. The van der Waals surface area contributed by atoms with Crippen molar-refractivity contribution in [3.05, 3.63) is 41.2 Å². The van der Waals surface area contributed by atoms with Gasteiger partial charge in [0.05, 0.1) is 5.69 Å². The Labute approximate surface area is 110 Å². The first-order chi connectivity index (χ1) is 9.15. The van der Waals surface area contributed by atoms with Gasteiger partial charge in [-0.25, -0.2) is 0 Å². The van der Waals surface area contributed by atoms with E-state index < -0.39 is 0 Å². The van der Waals surface area contributed by atoms with Crippen molar-refractivity contribution in [1.82, 2.24) is 9.78 Å². The Kier molecular flexibility index (Phi) is 2.74. The lowest BCUT2D eigenvalue weighted by Crippen LogP contribution is -2.16. The maximum atomic E-state index is 12.4. The zero-order valence-corrected chi connectivity index (χ0v) is 10.8. The molecule has 0 N–H and O–H groups in total. The monoisotopic (exact) mass is 258 g/mol. The number of nitrogens with zero attached hydrogens (tertiary/aromatic N) is 2. The normalized spacial score (nSPS) is 13.4. The van der Waals surface area contributed by atoms with Crippen molar-refractivity contribution in [3.8, 4) is 11.5 Å². The third kappa shape index (κ3) is 2.07. The van der Waals surface area contributed by atoms with Crippen LogP contribution in [0.4, 0.5) is 0 Å². The molecule has 19 heavy (non-hydrogen) atoms. The summed E-state index contributed by atoms with van der Waals surface area (Å²) >= 11 is 0. The SMILES string of the molecule is Cc1cc(C(=O)c2ccc3c(c2)OCCO3)n(C)n1. The number of hydrogen-bond donors (Lipinski definition) is 0. The Morgan fingerprint density at radius 3 is 2.63 bits per heavy atom. The topological polar surface area (TPSA) is 53.4 Å². The third-order valence-electron chi connectivity index (χ3n) is 3.04. The molecule has 0 fully saturated rings. The molecule has 3 rings (SSSR count). The Morgan fingerprint density at radius 1 is 1.21 bits per heavy atom. The van der Waals surface area contributed by atoms with Gasteiger partial charge in [0.25, 0.3) is 0 Å². The number of aromatic nitrogens is 2. The predicted molar refractivity (Wildman–Crippen MR) is 68.8 cm³/mol. The van der Waals surface area contributed by atoms with Gasteiger partial charge in [0.15, 0.2) is 11.5 Å². The number of ether oxygens (including phenoxy) is 2. The number of ketones is 1. The van der Waals surface area contributed by atoms with Crippen LogP contribution in [-0.2, 0) is 7.05 Å². The van der Waals surface area contributed by atoms with Gasteiger partial charge in [-0.15, -0.1) is 0 Å². The van der Waals surface area contributed by atoms with Gasteiger partial charge >= 0.3 is 0 Å². The molecular formula is C14H14N2O3. The van der Waals surface area contributed by atoms with Gasteiger partial charge in [-0.1, -0.05) is 0 Å². The summed E-state index contributed by atoms with van der Waals surface area (Å²) in [7, 11) is 1.76. The molecule has 0 aliphatic carbocycles. The summed E-state index contributed by atoms with van der Waals surface area (Å²) in [5.41, 5.74) is 1.96. The largest absolute Gasteiger partial charge is 0.486 e. The molecule has 5 heteroatoms. The lowest BCUT2D eigenvalue weighted by Gasteiger charge is -2.18. The number of aryl methyl sites for hydroxylation is 2. The average molecular weight is 258 g/mol. The fourth-order valence-electron chi connectivity index (χ4n) is 2.16. The van der Waals surface area contributed by atoms with Gasteiger partial charge in [-0.05, 0) is 31.2 Å². The van der Waals surface area contributed by atoms with Crippen molar-refractivity contribution >= 4 is 5.78 Å².